The van der Waals surface area contributed by atoms with E-state index < -0.39 is 0 Å². The molecule has 0 saturated carbocycles. The van der Waals surface area contributed by atoms with Crippen LogP contribution in [0, 0.1) is 12.8 Å². The zero-order valence-electron chi connectivity index (χ0n) is 29.2. The molecule has 6 heterocycles. The highest BCUT2D eigenvalue weighted by molar-refractivity contribution is 6.24. The number of aromatic nitrogens is 2. The van der Waals surface area contributed by atoms with Crippen molar-refractivity contribution in [2.75, 3.05) is 13.2 Å². The van der Waals surface area contributed by atoms with Gasteiger partial charge in [-0.3, -0.25) is 4.99 Å². The molecular weight excluding hydrogens is 582 g/mol. The average Bonchev–Trinajstić information content (AvgIpc) is 3.78. The molecule has 4 N–H and O–H groups in total. The maximum Gasteiger partial charge on any atom is 0.0778 e. The van der Waals surface area contributed by atoms with E-state index in [9.17, 15) is 10.2 Å². The van der Waals surface area contributed by atoms with Crippen molar-refractivity contribution < 1.29 is 10.2 Å². The van der Waals surface area contributed by atoms with Crippen LogP contribution in [0.3, 0.4) is 0 Å². The molecular formula is C40H49N5O2. The van der Waals surface area contributed by atoms with Crippen molar-refractivity contribution in [1.29, 1.82) is 0 Å². The maximum absolute atomic E-state index is 10.1. The molecule has 0 spiro atoms. The highest BCUT2D eigenvalue weighted by Crippen LogP contribution is 2.36. The van der Waals surface area contributed by atoms with Gasteiger partial charge in [0.05, 0.1) is 34.6 Å². The topological polar surface area (TPSA) is 109 Å². The standard InChI is InChI=1S/C40H49N5O2/c1-9-27-28(10-2)36-20-38-30(12-14-47)24(7)33(43-38)18-34-25(8)40(21(3)4)39(44-34)16-26-15-22(5)31(41-26)17-32-23(6)29(11-13-46)37(42-32)19-35(27)45-36/h15-19,21,38,41,45-47H,9-14,20H2,1-8H3/b26-16-,31-17-,34-18-,37-19-. The number of nitrogens with zero attached hydrogens (tertiary/aromatic N) is 3. The molecule has 1 unspecified atom stereocenters. The maximum atomic E-state index is 10.1. The first-order valence-corrected chi connectivity index (χ1v) is 17.2. The molecule has 4 aliphatic rings. The van der Waals surface area contributed by atoms with E-state index in [0.717, 1.165) is 86.5 Å². The predicted molar refractivity (Wildman–Crippen MR) is 195 cm³/mol. The fourth-order valence-electron chi connectivity index (χ4n) is 7.80. The summed E-state index contributed by atoms with van der Waals surface area (Å²) in [6, 6.07) is 2.11. The molecule has 47 heavy (non-hydrogen) atoms. The summed E-state index contributed by atoms with van der Waals surface area (Å²) in [4.78, 5) is 23.1. The minimum atomic E-state index is -0.0582. The first kappa shape index (κ1) is 32.9. The Morgan fingerprint density at radius 2 is 1.51 bits per heavy atom. The first-order chi connectivity index (χ1) is 22.6. The largest absolute Gasteiger partial charge is 0.396 e. The zero-order valence-corrected chi connectivity index (χ0v) is 29.2. The van der Waals surface area contributed by atoms with Crippen molar-refractivity contribution in [2.45, 2.75) is 93.5 Å². The predicted octanol–water partition coefficient (Wildman–Crippen LogP) is 5.92. The van der Waals surface area contributed by atoms with Gasteiger partial charge in [0.15, 0.2) is 0 Å². The van der Waals surface area contributed by atoms with Gasteiger partial charge in [0.2, 0.25) is 0 Å². The van der Waals surface area contributed by atoms with Crippen LogP contribution >= 0.6 is 0 Å². The number of nitrogens with one attached hydrogen (secondary N) is 2. The lowest BCUT2D eigenvalue weighted by Gasteiger charge is -2.13. The van der Waals surface area contributed by atoms with E-state index in [1.807, 2.05) is 0 Å². The SMILES string of the molecule is CCc1c2[nH]c(c1CC)CC1N=C(/C=C3N=C(/C=c4/cc(C)/c([nH]4)=C/C4=NC(=C\2)/C(CCO)=C4C)C(C(C)C)=C\3C)C(C)=C1CCO. The third-order valence-electron chi connectivity index (χ3n) is 10.2. The molecule has 6 rings (SSSR count). The van der Waals surface area contributed by atoms with E-state index in [0.29, 0.717) is 18.8 Å². The Morgan fingerprint density at radius 1 is 0.787 bits per heavy atom. The summed E-state index contributed by atoms with van der Waals surface area (Å²) in [6.07, 6.45) is 12.3. The highest BCUT2D eigenvalue weighted by Gasteiger charge is 2.29. The Morgan fingerprint density at radius 3 is 2.19 bits per heavy atom. The van der Waals surface area contributed by atoms with Crippen LogP contribution in [0.15, 0.2) is 72.0 Å². The highest BCUT2D eigenvalue weighted by atomic mass is 16.3. The van der Waals surface area contributed by atoms with E-state index in [2.05, 4.69) is 95.7 Å². The molecule has 246 valence electrons. The van der Waals surface area contributed by atoms with Gasteiger partial charge in [0, 0.05) is 41.7 Å². The average molecular weight is 632 g/mol. The third kappa shape index (κ3) is 5.96. The van der Waals surface area contributed by atoms with Crippen LogP contribution in [0.5, 0.6) is 0 Å². The van der Waals surface area contributed by atoms with Gasteiger partial charge in [-0.05, 0) is 140 Å². The van der Waals surface area contributed by atoms with Gasteiger partial charge in [0.1, 0.15) is 0 Å². The number of hydrogen-bond donors (Lipinski definition) is 4. The number of aliphatic hydroxyl groups is 2. The van der Waals surface area contributed by atoms with Crippen LogP contribution in [-0.2, 0) is 19.3 Å². The summed E-state index contributed by atoms with van der Waals surface area (Å²) in [5.74, 6) is 0.303. The molecule has 0 radical (unpaired) electrons. The van der Waals surface area contributed by atoms with Crippen LogP contribution in [0.2, 0.25) is 0 Å². The van der Waals surface area contributed by atoms with Gasteiger partial charge in [-0.25, -0.2) is 9.98 Å². The number of fused-ring (bicyclic) bond motifs is 7. The van der Waals surface area contributed by atoms with Crippen molar-refractivity contribution >= 4 is 35.4 Å². The molecule has 1 atom stereocenters. The lowest BCUT2D eigenvalue weighted by molar-refractivity contribution is 0.296. The number of aryl methyl sites for hydroxylation is 1. The van der Waals surface area contributed by atoms with Gasteiger partial charge in [-0.1, -0.05) is 27.7 Å². The molecule has 0 aromatic carbocycles. The molecule has 0 amide bonds. The molecule has 0 fully saturated rings. The molecule has 0 aliphatic carbocycles. The Bertz CT molecular complexity index is 2010. The fraction of sp³-hybridized carbons (Fsp3) is 0.425. The Kier molecular flexibility index (Phi) is 9.23. The monoisotopic (exact) mass is 631 g/mol. The summed E-state index contributed by atoms with van der Waals surface area (Å²) >= 11 is 0. The second kappa shape index (κ2) is 13.2. The van der Waals surface area contributed by atoms with Crippen LogP contribution in [0.1, 0.15) is 89.4 Å². The molecule has 7 nitrogen and oxygen atoms in total. The summed E-state index contributed by atoms with van der Waals surface area (Å²) in [7, 11) is 0. The molecule has 2 aromatic rings. The fourth-order valence-corrected chi connectivity index (χ4v) is 7.80. The van der Waals surface area contributed by atoms with Crippen LogP contribution in [-0.4, -0.2) is 56.6 Å². The number of aliphatic imine (C=N–C) groups is 3. The second-order valence-corrected chi connectivity index (χ2v) is 13.5. The Hall–Kier alpha value is -4.07. The number of aliphatic hydroxyl groups excluding tert-OH is 2. The van der Waals surface area contributed by atoms with E-state index in [4.69, 9.17) is 15.0 Å². The van der Waals surface area contributed by atoms with Crippen molar-refractivity contribution in [1.82, 2.24) is 9.97 Å². The Balaban J connectivity index is 1.64. The summed E-state index contributed by atoms with van der Waals surface area (Å²) in [6.45, 7) is 17.6. The minimum absolute atomic E-state index is 0.0582. The quantitative estimate of drug-likeness (QED) is 0.304. The molecule has 10 bridgehead atoms. The van der Waals surface area contributed by atoms with E-state index >= 15 is 0 Å². The van der Waals surface area contributed by atoms with Gasteiger partial charge in [-0.15, -0.1) is 0 Å². The Labute approximate surface area is 278 Å². The summed E-state index contributed by atoms with van der Waals surface area (Å²) < 4.78 is 0. The van der Waals surface area contributed by atoms with Crippen molar-refractivity contribution in [2.24, 2.45) is 20.9 Å². The number of hydrogen-bond acceptors (Lipinski definition) is 5. The normalized spacial score (nSPS) is 23.2. The van der Waals surface area contributed by atoms with Crippen molar-refractivity contribution in [3.05, 3.63) is 95.8 Å². The van der Waals surface area contributed by atoms with Crippen LogP contribution in [0.4, 0.5) is 0 Å². The van der Waals surface area contributed by atoms with Gasteiger partial charge in [0.25, 0.3) is 0 Å². The lowest BCUT2D eigenvalue weighted by Crippen LogP contribution is -2.15. The zero-order chi connectivity index (χ0) is 33.6. The third-order valence-corrected chi connectivity index (χ3v) is 10.2. The van der Waals surface area contributed by atoms with E-state index in [1.54, 1.807) is 0 Å². The van der Waals surface area contributed by atoms with E-state index in [1.165, 1.54) is 33.5 Å². The summed E-state index contributed by atoms with van der Waals surface area (Å²) in [5.41, 5.74) is 17.7. The van der Waals surface area contributed by atoms with Gasteiger partial charge >= 0.3 is 0 Å². The van der Waals surface area contributed by atoms with Crippen LogP contribution < -0.4 is 10.7 Å². The number of rotatable bonds is 7. The number of allylic oxidation sites excluding steroid dienone is 6. The first-order valence-electron chi connectivity index (χ1n) is 17.2. The molecule has 4 aliphatic heterocycles. The van der Waals surface area contributed by atoms with Crippen molar-refractivity contribution in [3.63, 3.8) is 0 Å². The van der Waals surface area contributed by atoms with Crippen molar-refractivity contribution in [3.8, 4) is 0 Å². The molecule has 7 heteroatoms. The van der Waals surface area contributed by atoms with Crippen LogP contribution in [0.25, 0.3) is 18.2 Å². The number of H-pyrrole nitrogens is 2. The number of aromatic amines is 2. The molecule has 0 saturated heterocycles. The summed E-state index contributed by atoms with van der Waals surface area (Å²) in [5, 5.41) is 22.1. The second-order valence-electron chi connectivity index (χ2n) is 13.5. The van der Waals surface area contributed by atoms with Gasteiger partial charge in [-0.2, -0.15) is 0 Å². The van der Waals surface area contributed by atoms with Gasteiger partial charge < -0.3 is 20.2 Å². The molecule has 2 aromatic heterocycles. The van der Waals surface area contributed by atoms with E-state index in [-0.39, 0.29) is 19.3 Å². The lowest BCUT2D eigenvalue weighted by atomic mass is 9.93. The smallest absolute Gasteiger partial charge is 0.0778 e. The minimum Gasteiger partial charge on any atom is -0.396 e.